The summed E-state index contributed by atoms with van der Waals surface area (Å²) in [7, 11) is 5.06. The summed E-state index contributed by atoms with van der Waals surface area (Å²) in [6.07, 6.45) is -8.32. The number of H-pyrrole nitrogens is 1. The molecule has 414 valence electrons. The topological polar surface area (TPSA) is 253 Å². The lowest BCUT2D eigenvalue weighted by molar-refractivity contribution is -0.302. The molecule has 19 heteroatoms. The highest BCUT2D eigenvalue weighted by Gasteiger charge is 2.55. The summed E-state index contributed by atoms with van der Waals surface area (Å²) in [5, 5.41) is 73.7. The Morgan fingerprint density at radius 1 is 0.973 bits per heavy atom. The zero-order chi connectivity index (χ0) is 54.5. The molecule has 4 heterocycles. The lowest BCUT2D eigenvalue weighted by Gasteiger charge is -2.51. The predicted octanol–water partition coefficient (Wildman–Crippen LogP) is 3.48. The zero-order valence-electron chi connectivity index (χ0n) is 45.2. The van der Waals surface area contributed by atoms with Crippen molar-refractivity contribution in [3.8, 4) is 11.1 Å². The van der Waals surface area contributed by atoms with Crippen LogP contribution in [0.2, 0.25) is 0 Å². The molecule has 1 amide bonds. The Balaban J connectivity index is 1.41. The molecule has 3 fully saturated rings. The van der Waals surface area contributed by atoms with Gasteiger partial charge in [0.1, 0.15) is 42.8 Å². The van der Waals surface area contributed by atoms with Crippen molar-refractivity contribution in [1.82, 2.24) is 20.1 Å². The molecule has 2 aromatic rings. The van der Waals surface area contributed by atoms with Gasteiger partial charge in [-0.3, -0.25) is 14.4 Å². The van der Waals surface area contributed by atoms with E-state index >= 15 is 0 Å². The second kappa shape index (κ2) is 25.1. The number of carbonyl (C=O) groups excluding carboxylic acids is 2. The summed E-state index contributed by atoms with van der Waals surface area (Å²) in [4.78, 5) is 45.8. The first-order chi connectivity index (χ1) is 34.1. The van der Waals surface area contributed by atoms with Gasteiger partial charge in [0, 0.05) is 63.3 Å². The highest BCUT2D eigenvalue weighted by Crippen LogP contribution is 2.45. The van der Waals surface area contributed by atoms with Gasteiger partial charge in [-0.15, -0.1) is 0 Å². The molecule has 5 rings (SSSR count). The van der Waals surface area contributed by atoms with E-state index in [1.165, 1.54) is 20.1 Å². The number of methoxy groups -OCH3 is 1. The normalized spacial score (nSPS) is 39.5. The quantitative estimate of drug-likeness (QED) is 0.126. The van der Waals surface area contributed by atoms with Gasteiger partial charge in [0.2, 0.25) is 11.5 Å². The van der Waals surface area contributed by atoms with Crippen LogP contribution in [0.4, 0.5) is 4.39 Å². The summed E-state index contributed by atoms with van der Waals surface area (Å²) in [5.74, 6) is -3.97. The minimum atomic E-state index is -1.85. The minimum absolute atomic E-state index is 0.107. The number of carbonyl (C=O) groups is 2. The van der Waals surface area contributed by atoms with Crippen molar-refractivity contribution in [2.45, 2.75) is 197 Å². The van der Waals surface area contributed by atoms with Gasteiger partial charge in [0.15, 0.2) is 6.29 Å². The fraction of sp³-hybridized carbons (Fsp3) is 0.759. The van der Waals surface area contributed by atoms with E-state index in [-0.39, 0.29) is 43.7 Å². The molecule has 1 aromatic heterocycles. The molecular formula is C54H87FN4O14. The van der Waals surface area contributed by atoms with Crippen LogP contribution >= 0.6 is 0 Å². The van der Waals surface area contributed by atoms with Crippen molar-refractivity contribution in [2.24, 2.45) is 23.7 Å². The Hall–Kier alpha value is -3.44. The van der Waals surface area contributed by atoms with Gasteiger partial charge in [-0.05, 0) is 109 Å². The van der Waals surface area contributed by atoms with Crippen LogP contribution in [0.5, 0.6) is 0 Å². The van der Waals surface area contributed by atoms with E-state index in [0.29, 0.717) is 18.5 Å². The molecule has 0 aliphatic carbocycles. The Morgan fingerprint density at radius 2 is 1.62 bits per heavy atom. The number of hydrogen-bond donors (Lipinski definition) is 8. The molecule has 0 spiro atoms. The number of rotatable bonds is 14. The number of nitrogens with zero attached hydrogens (tertiary/aromatic N) is 2. The third kappa shape index (κ3) is 14.1. The van der Waals surface area contributed by atoms with Crippen LogP contribution in [-0.2, 0) is 33.3 Å². The third-order valence-electron chi connectivity index (χ3n) is 16.4. The number of esters is 1. The van der Waals surface area contributed by atoms with Gasteiger partial charge in [-0.1, -0.05) is 52.0 Å². The zero-order valence-corrected chi connectivity index (χ0v) is 45.2. The first-order valence-corrected chi connectivity index (χ1v) is 26.0. The van der Waals surface area contributed by atoms with E-state index in [2.05, 4.69) is 10.3 Å². The standard InChI is InChI=1S/C54H87FN4O14/c1-14-41-54(10,68)47(64)33(6)59(12)28-29(2)24-52(8,67)49(31(4)44(32(5)50(66)72-41)40-25-53(9,69-13)48(65)34(7)71-40)73-51-46(63)39(23-30(3)70-51)58(11)22-21-43(61)57-38(26-55)45(62)36-17-15-35(16-18-36)37-19-20-42(60)56-27-37/h15-20,27,29-34,38-41,44-49,51,62-65,67-68H,14,21-26,28H2,1-13H3,(H,56,60)(H,57,61)/t29-,30-,31+,32-,33-,34+,38-,39+,40-,41-,44?,45-,46-,47-,48+,49-,51+,52-,53-,54-/m1/s1. The van der Waals surface area contributed by atoms with Gasteiger partial charge >= 0.3 is 5.97 Å². The number of amides is 1. The molecule has 0 bridgehead atoms. The second-order valence-electron chi connectivity index (χ2n) is 22.4. The largest absolute Gasteiger partial charge is 0.459 e. The molecule has 20 atom stereocenters. The number of alkyl halides is 1. The van der Waals surface area contributed by atoms with Crippen LogP contribution < -0.4 is 10.9 Å². The monoisotopic (exact) mass is 1030 g/mol. The van der Waals surface area contributed by atoms with Crippen molar-refractivity contribution in [1.29, 1.82) is 0 Å². The van der Waals surface area contributed by atoms with Crippen molar-refractivity contribution in [2.75, 3.05) is 41.0 Å². The number of cyclic esters (lactones) is 1. The number of halogens is 1. The van der Waals surface area contributed by atoms with Gasteiger partial charge in [-0.2, -0.15) is 0 Å². The molecule has 3 aliphatic rings. The van der Waals surface area contributed by atoms with E-state index in [4.69, 9.17) is 23.7 Å². The number of aromatic amines is 1. The lowest BCUT2D eigenvalue weighted by atomic mass is 9.68. The van der Waals surface area contributed by atoms with E-state index < -0.39 is 132 Å². The first kappa shape index (κ1) is 60.4. The fourth-order valence-electron chi connectivity index (χ4n) is 11.8. The summed E-state index contributed by atoms with van der Waals surface area (Å²) in [5.41, 5.74) is -2.96. The maximum atomic E-state index is 14.6. The minimum Gasteiger partial charge on any atom is -0.459 e. The van der Waals surface area contributed by atoms with E-state index in [1.807, 2.05) is 32.7 Å². The Morgan fingerprint density at radius 3 is 2.21 bits per heavy atom. The fourth-order valence-corrected chi connectivity index (χ4v) is 11.8. The highest BCUT2D eigenvalue weighted by atomic mass is 19.1. The van der Waals surface area contributed by atoms with E-state index in [9.17, 15) is 49.4 Å². The molecule has 8 N–H and O–H groups in total. The number of nitrogens with one attached hydrogen (secondary N) is 2. The molecule has 18 nitrogen and oxygen atoms in total. The number of pyridine rings is 1. The number of aliphatic hydroxyl groups is 6. The van der Waals surface area contributed by atoms with Gasteiger partial charge in [0.25, 0.3) is 0 Å². The molecule has 0 saturated carbocycles. The summed E-state index contributed by atoms with van der Waals surface area (Å²) in [6.45, 7) is 16.9. The van der Waals surface area contributed by atoms with Gasteiger partial charge in [-0.25, -0.2) is 4.39 Å². The molecule has 3 aliphatic heterocycles. The van der Waals surface area contributed by atoms with Gasteiger partial charge in [0.05, 0.1) is 47.6 Å². The Bertz CT molecular complexity index is 2130. The first-order valence-electron chi connectivity index (χ1n) is 26.0. The number of benzene rings is 1. The maximum Gasteiger partial charge on any atom is 0.309 e. The van der Waals surface area contributed by atoms with Crippen LogP contribution in [0.1, 0.15) is 113 Å². The van der Waals surface area contributed by atoms with Crippen molar-refractivity contribution in [3.05, 3.63) is 58.5 Å². The molecule has 73 heavy (non-hydrogen) atoms. The Labute approximate surface area is 430 Å². The molecule has 1 aromatic carbocycles. The smallest absolute Gasteiger partial charge is 0.309 e. The number of ether oxygens (including phenoxy) is 5. The van der Waals surface area contributed by atoms with Crippen LogP contribution in [0.3, 0.4) is 0 Å². The molecule has 0 radical (unpaired) electrons. The molecular weight excluding hydrogens is 948 g/mol. The van der Waals surface area contributed by atoms with E-state index in [1.54, 1.807) is 90.0 Å². The Kier molecular flexibility index (Phi) is 20.8. The second-order valence-corrected chi connectivity index (χ2v) is 22.4. The van der Waals surface area contributed by atoms with Crippen LogP contribution in [0, 0.1) is 23.7 Å². The van der Waals surface area contributed by atoms with Crippen molar-refractivity contribution in [3.63, 3.8) is 0 Å². The highest BCUT2D eigenvalue weighted by molar-refractivity contribution is 5.76. The van der Waals surface area contributed by atoms with Gasteiger partial charge < -0.3 is 74.4 Å². The predicted molar refractivity (Wildman–Crippen MR) is 272 cm³/mol. The summed E-state index contributed by atoms with van der Waals surface area (Å²) >= 11 is 0. The van der Waals surface area contributed by atoms with Crippen LogP contribution in [-0.4, -0.2) is 188 Å². The number of aliphatic hydroxyl groups excluding tert-OH is 4. The average Bonchev–Trinajstić information content (AvgIpc) is 3.34. The molecule has 1 unspecified atom stereocenters. The SMILES string of the molecule is CC[C@H]1OC(=O)[C@H](C)C([C@H]2C[C@@](C)(OC)[C@@H](O)[C@H](C)O2)[C@H](C)[C@@H](O[C@@H]2O[C@H](C)C[C@H](N(C)CCC(=O)N[C@H](CF)[C@H](O)c3ccc(-c4ccc(=O)[nH]c4)cc3)[C@H]2O)[C@](C)(O)C[C@@H](C)CN(C)[C@H](C)[C@@H](O)[C@]1(C)O. The number of likely N-dealkylation sites (N-methyl/N-ethyl adjacent to an activating group) is 2. The van der Waals surface area contributed by atoms with Crippen molar-refractivity contribution >= 4 is 11.9 Å². The summed E-state index contributed by atoms with van der Waals surface area (Å²) in [6, 6.07) is 7.32. The van der Waals surface area contributed by atoms with E-state index in [0.717, 1.165) is 11.1 Å². The summed E-state index contributed by atoms with van der Waals surface area (Å²) < 4.78 is 46.4. The maximum absolute atomic E-state index is 14.6. The molecule has 3 saturated heterocycles. The number of aromatic nitrogens is 1. The van der Waals surface area contributed by atoms with Crippen LogP contribution in [0.25, 0.3) is 11.1 Å². The average molecular weight is 1040 g/mol. The van der Waals surface area contributed by atoms with Crippen molar-refractivity contribution < 1.29 is 68.3 Å². The third-order valence-corrected chi connectivity index (χ3v) is 16.4. The number of hydrogen-bond acceptors (Lipinski definition) is 16. The lowest BCUT2D eigenvalue weighted by Crippen LogP contribution is -2.62. The van der Waals surface area contributed by atoms with Crippen LogP contribution in [0.15, 0.2) is 47.4 Å².